The summed E-state index contributed by atoms with van der Waals surface area (Å²) in [4.78, 5) is 11.9. The molecule has 0 unspecified atom stereocenters. The summed E-state index contributed by atoms with van der Waals surface area (Å²) in [5.41, 5.74) is 1.83. The molecule has 0 bridgehead atoms. The van der Waals surface area contributed by atoms with Gasteiger partial charge in [0.15, 0.2) is 11.5 Å². The van der Waals surface area contributed by atoms with E-state index >= 15 is 0 Å². The lowest BCUT2D eigenvalue weighted by Gasteiger charge is -2.09. The summed E-state index contributed by atoms with van der Waals surface area (Å²) in [6, 6.07) is 13.0. The van der Waals surface area contributed by atoms with E-state index in [2.05, 4.69) is 10.6 Å². The van der Waals surface area contributed by atoms with E-state index in [0.717, 1.165) is 22.7 Å². The van der Waals surface area contributed by atoms with Gasteiger partial charge in [-0.15, -0.1) is 0 Å². The Hall–Kier alpha value is -2.89. The Kier molecular flexibility index (Phi) is 4.52. The number of hydrogen-bond acceptors (Lipinski definition) is 5. The molecule has 6 nitrogen and oxygen atoms in total. The SMILES string of the molecule is COc1ccc(NCC(=O)NCc2ccc3c(c2)OCO3)cc1. The van der Waals surface area contributed by atoms with E-state index in [4.69, 9.17) is 14.2 Å². The summed E-state index contributed by atoms with van der Waals surface area (Å²) in [5.74, 6) is 2.15. The molecule has 1 amide bonds. The van der Waals surface area contributed by atoms with E-state index in [9.17, 15) is 4.79 Å². The van der Waals surface area contributed by atoms with Gasteiger partial charge in [0.1, 0.15) is 5.75 Å². The summed E-state index contributed by atoms with van der Waals surface area (Å²) >= 11 is 0. The molecule has 0 atom stereocenters. The van der Waals surface area contributed by atoms with Gasteiger partial charge in [0.2, 0.25) is 12.7 Å². The predicted molar refractivity (Wildman–Crippen MR) is 85.9 cm³/mol. The molecule has 1 aliphatic heterocycles. The highest BCUT2D eigenvalue weighted by molar-refractivity contribution is 5.80. The first-order chi connectivity index (χ1) is 11.2. The summed E-state index contributed by atoms with van der Waals surface area (Å²) in [5, 5.41) is 5.92. The maximum Gasteiger partial charge on any atom is 0.239 e. The average molecular weight is 314 g/mol. The van der Waals surface area contributed by atoms with Crippen LogP contribution in [0.25, 0.3) is 0 Å². The fraction of sp³-hybridized carbons (Fsp3) is 0.235. The third-order valence-corrected chi connectivity index (χ3v) is 3.47. The van der Waals surface area contributed by atoms with Gasteiger partial charge in [0.25, 0.3) is 0 Å². The van der Waals surface area contributed by atoms with E-state index in [1.165, 1.54) is 0 Å². The normalized spacial score (nSPS) is 11.9. The molecule has 3 rings (SSSR count). The number of carbonyl (C=O) groups excluding carboxylic acids is 1. The molecule has 2 aromatic carbocycles. The van der Waals surface area contributed by atoms with Crippen molar-refractivity contribution in [1.29, 1.82) is 0 Å². The van der Waals surface area contributed by atoms with Crippen molar-refractivity contribution in [3.05, 3.63) is 48.0 Å². The molecular weight excluding hydrogens is 296 g/mol. The van der Waals surface area contributed by atoms with Gasteiger partial charge < -0.3 is 24.8 Å². The van der Waals surface area contributed by atoms with E-state index in [1.807, 2.05) is 42.5 Å². The van der Waals surface area contributed by atoms with Crippen molar-refractivity contribution in [2.24, 2.45) is 0 Å². The number of fused-ring (bicyclic) bond motifs is 1. The van der Waals surface area contributed by atoms with E-state index in [0.29, 0.717) is 12.3 Å². The highest BCUT2D eigenvalue weighted by Crippen LogP contribution is 2.32. The zero-order valence-corrected chi connectivity index (χ0v) is 12.8. The molecule has 1 aliphatic rings. The Balaban J connectivity index is 1.45. The minimum atomic E-state index is -0.0847. The number of rotatable bonds is 6. The lowest BCUT2D eigenvalue weighted by molar-refractivity contribution is -0.119. The maximum absolute atomic E-state index is 11.9. The monoisotopic (exact) mass is 314 g/mol. The fourth-order valence-corrected chi connectivity index (χ4v) is 2.21. The minimum absolute atomic E-state index is 0.0847. The second kappa shape index (κ2) is 6.91. The molecule has 0 saturated heterocycles. The third-order valence-electron chi connectivity index (χ3n) is 3.47. The molecule has 2 aromatic rings. The van der Waals surface area contributed by atoms with Crippen LogP contribution in [0.3, 0.4) is 0 Å². The Labute approximate surface area is 134 Å². The van der Waals surface area contributed by atoms with Crippen molar-refractivity contribution < 1.29 is 19.0 Å². The van der Waals surface area contributed by atoms with Crippen molar-refractivity contribution in [1.82, 2.24) is 5.32 Å². The molecule has 2 N–H and O–H groups in total. The number of nitrogens with one attached hydrogen (secondary N) is 2. The largest absolute Gasteiger partial charge is 0.497 e. The van der Waals surface area contributed by atoms with E-state index in [-0.39, 0.29) is 19.2 Å². The molecule has 120 valence electrons. The quantitative estimate of drug-likeness (QED) is 0.855. The number of ether oxygens (including phenoxy) is 3. The molecule has 0 spiro atoms. The number of benzene rings is 2. The van der Waals surface area contributed by atoms with Crippen molar-refractivity contribution in [2.45, 2.75) is 6.54 Å². The molecule has 0 radical (unpaired) electrons. The molecule has 1 heterocycles. The lowest BCUT2D eigenvalue weighted by atomic mass is 10.2. The van der Waals surface area contributed by atoms with Gasteiger partial charge in [-0.3, -0.25) is 4.79 Å². The highest BCUT2D eigenvalue weighted by atomic mass is 16.7. The van der Waals surface area contributed by atoms with Crippen LogP contribution in [0.1, 0.15) is 5.56 Å². The van der Waals surface area contributed by atoms with Gasteiger partial charge in [0, 0.05) is 12.2 Å². The lowest BCUT2D eigenvalue weighted by Crippen LogP contribution is -2.29. The number of amides is 1. The maximum atomic E-state index is 11.9. The first kappa shape index (κ1) is 15.0. The minimum Gasteiger partial charge on any atom is -0.497 e. The van der Waals surface area contributed by atoms with Crippen LogP contribution in [-0.4, -0.2) is 26.4 Å². The van der Waals surface area contributed by atoms with Gasteiger partial charge in [-0.1, -0.05) is 6.07 Å². The van der Waals surface area contributed by atoms with Crippen LogP contribution in [0.15, 0.2) is 42.5 Å². The van der Waals surface area contributed by atoms with Crippen molar-refractivity contribution in [2.75, 3.05) is 25.8 Å². The van der Waals surface area contributed by atoms with Crippen molar-refractivity contribution in [3.63, 3.8) is 0 Å². The van der Waals surface area contributed by atoms with Gasteiger partial charge in [-0.05, 0) is 42.0 Å². The molecule has 0 aliphatic carbocycles. The zero-order chi connectivity index (χ0) is 16.1. The number of anilines is 1. The zero-order valence-electron chi connectivity index (χ0n) is 12.8. The smallest absolute Gasteiger partial charge is 0.239 e. The summed E-state index contributed by atoms with van der Waals surface area (Å²) in [7, 11) is 1.62. The van der Waals surface area contributed by atoms with Crippen molar-refractivity contribution >= 4 is 11.6 Å². The number of methoxy groups -OCH3 is 1. The van der Waals surface area contributed by atoms with Crippen LogP contribution >= 0.6 is 0 Å². The van der Waals surface area contributed by atoms with Gasteiger partial charge in [0.05, 0.1) is 13.7 Å². The van der Waals surface area contributed by atoms with Crippen LogP contribution in [0, 0.1) is 0 Å². The standard InChI is InChI=1S/C17H18N2O4/c1-21-14-5-3-13(4-6-14)18-10-17(20)19-9-12-2-7-15-16(8-12)23-11-22-15/h2-8,18H,9-11H2,1H3,(H,19,20). The molecule has 0 saturated carbocycles. The molecule has 0 aromatic heterocycles. The van der Waals surface area contributed by atoms with Crippen molar-refractivity contribution in [3.8, 4) is 17.2 Å². The second-order valence-electron chi connectivity index (χ2n) is 5.05. The molecular formula is C17H18N2O4. The Morgan fingerprint density at radius 1 is 1.13 bits per heavy atom. The van der Waals surface area contributed by atoms with Crippen LogP contribution in [-0.2, 0) is 11.3 Å². The van der Waals surface area contributed by atoms with Crippen LogP contribution in [0.2, 0.25) is 0 Å². The van der Waals surface area contributed by atoms with E-state index < -0.39 is 0 Å². The Morgan fingerprint density at radius 3 is 2.70 bits per heavy atom. The highest BCUT2D eigenvalue weighted by Gasteiger charge is 2.13. The summed E-state index contributed by atoms with van der Waals surface area (Å²) in [6.07, 6.45) is 0. The molecule has 23 heavy (non-hydrogen) atoms. The Morgan fingerprint density at radius 2 is 1.91 bits per heavy atom. The van der Waals surface area contributed by atoms with Gasteiger partial charge in [-0.25, -0.2) is 0 Å². The van der Waals surface area contributed by atoms with E-state index in [1.54, 1.807) is 7.11 Å². The molecule has 0 fully saturated rings. The first-order valence-electron chi connectivity index (χ1n) is 7.28. The topological polar surface area (TPSA) is 68.8 Å². The average Bonchev–Trinajstić information content (AvgIpc) is 3.06. The van der Waals surface area contributed by atoms with Crippen LogP contribution < -0.4 is 24.8 Å². The Bertz CT molecular complexity index is 685. The first-order valence-corrected chi connectivity index (χ1v) is 7.28. The molecule has 6 heteroatoms. The number of hydrogen-bond donors (Lipinski definition) is 2. The predicted octanol–water partition coefficient (Wildman–Crippen LogP) is 2.15. The summed E-state index contributed by atoms with van der Waals surface area (Å²) < 4.78 is 15.7. The fourth-order valence-electron chi connectivity index (χ4n) is 2.21. The number of carbonyl (C=O) groups is 1. The summed E-state index contributed by atoms with van der Waals surface area (Å²) in [6.45, 7) is 0.896. The third kappa shape index (κ3) is 3.85. The van der Waals surface area contributed by atoms with Gasteiger partial charge in [-0.2, -0.15) is 0 Å². The van der Waals surface area contributed by atoms with Crippen LogP contribution in [0.4, 0.5) is 5.69 Å². The van der Waals surface area contributed by atoms with Gasteiger partial charge >= 0.3 is 0 Å². The van der Waals surface area contributed by atoms with Crippen LogP contribution in [0.5, 0.6) is 17.2 Å². The second-order valence-corrected chi connectivity index (χ2v) is 5.05.